The molecule has 25 heavy (non-hydrogen) atoms. The molecule has 0 amide bonds. The summed E-state index contributed by atoms with van der Waals surface area (Å²) in [5, 5.41) is 1.06. The van der Waals surface area contributed by atoms with Crippen LogP contribution in [0.25, 0.3) is 10.9 Å². The second-order valence-electron chi connectivity index (χ2n) is 6.29. The zero-order valence-electron chi connectivity index (χ0n) is 14.9. The molecule has 5 nitrogen and oxygen atoms in total. The molecule has 1 atom stereocenters. The molecule has 0 radical (unpaired) electrons. The maximum Gasteiger partial charge on any atom is 0.319 e. The number of halogens is 1. The molecule has 7 heteroatoms. The Bertz CT molecular complexity index is 820. The number of rotatable bonds is 7. The van der Waals surface area contributed by atoms with Crippen LogP contribution in [0, 0.1) is 5.92 Å². The highest BCUT2D eigenvalue weighted by Gasteiger charge is 2.21. The van der Waals surface area contributed by atoms with Gasteiger partial charge in [0.2, 0.25) is 0 Å². The van der Waals surface area contributed by atoms with Gasteiger partial charge < -0.3 is 4.74 Å². The van der Waals surface area contributed by atoms with Gasteiger partial charge in [-0.25, -0.2) is 4.98 Å². The quantitative estimate of drug-likeness (QED) is 0.409. The molecule has 0 fully saturated rings. The standard InChI is InChI=1S/C18H23ClN2O3S/c1-5-8-24-17(23)12(4)25-18-20-15-7-6-13(19)9-14(15)16(22)21(18)10-11(2)3/h6-7,9,11-12H,5,8,10H2,1-4H3. The van der Waals surface area contributed by atoms with Crippen LogP contribution in [0.5, 0.6) is 0 Å². The third-order valence-electron chi connectivity index (χ3n) is 3.49. The molecule has 0 aliphatic rings. The fraction of sp³-hybridized carbons (Fsp3) is 0.500. The van der Waals surface area contributed by atoms with Crippen molar-refractivity contribution in [1.29, 1.82) is 0 Å². The lowest BCUT2D eigenvalue weighted by molar-refractivity contribution is -0.142. The predicted molar refractivity (Wildman–Crippen MR) is 102 cm³/mol. The van der Waals surface area contributed by atoms with Crippen LogP contribution >= 0.6 is 23.4 Å². The highest BCUT2D eigenvalue weighted by atomic mass is 35.5. The summed E-state index contributed by atoms with van der Waals surface area (Å²) in [6.45, 7) is 8.69. The van der Waals surface area contributed by atoms with E-state index in [1.165, 1.54) is 11.8 Å². The lowest BCUT2D eigenvalue weighted by Gasteiger charge is -2.17. The van der Waals surface area contributed by atoms with Crippen molar-refractivity contribution in [2.45, 2.75) is 51.1 Å². The smallest absolute Gasteiger partial charge is 0.319 e. The molecule has 1 heterocycles. The van der Waals surface area contributed by atoms with Gasteiger partial charge in [0.15, 0.2) is 5.16 Å². The molecule has 1 unspecified atom stereocenters. The summed E-state index contributed by atoms with van der Waals surface area (Å²) in [6.07, 6.45) is 0.774. The third-order valence-corrected chi connectivity index (χ3v) is 4.80. The van der Waals surface area contributed by atoms with Crippen LogP contribution in [0.2, 0.25) is 5.02 Å². The predicted octanol–water partition coefficient (Wildman–Crippen LogP) is 4.14. The van der Waals surface area contributed by atoms with Gasteiger partial charge in [-0.3, -0.25) is 14.2 Å². The van der Waals surface area contributed by atoms with Crippen molar-refractivity contribution in [2.75, 3.05) is 6.61 Å². The molecule has 0 saturated heterocycles. The normalized spacial score (nSPS) is 12.6. The number of aromatic nitrogens is 2. The number of nitrogens with zero attached hydrogens (tertiary/aromatic N) is 2. The van der Waals surface area contributed by atoms with Crippen LogP contribution in [-0.2, 0) is 16.1 Å². The van der Waals surface area contributed by atoms with E-state index in [-0.39, 0.29) is 17.4 Å². The third kappa shape index (κ3) is 4.98. The van der Waals surface area contributed by atoms with Crippen LogP contribution in [0.4, 0.5) is 0 Å². The summed E-state index contributed by atoms with van der Waals surface area (Å²) in [4.78, 5) is 29.5. The Morgan fingerprint density at radius 1 is 1.36 bits per heavy atom. The van der Waals surface area contributed by atoms with Gasteiger partial charge in [0, 0.05) is 11.6 Å². The molecular weight excluding hydrogens is 360 g/mol. The number of esters is 1. The molecule has 0 aliphatic carbocycles. The van der Waals surface area contributed by atoms with Crippen LogP contribution in [-0.4, -0.2) is 27.4 Å². The Hall–Kier alpha value is -1.53. The Morgan fingerprint density at radius 2 is 2.08 bits per heavy atom. The van der Waals surface area contributed by atoms with Crippen LogP contribution in [0.1, 0.15) is 34.1 Å². The lowest BCUT2D eigenvalue weighted by atomic mass is 10.2. The number of ether oxygens (including phenoxy) is 1. The van der Waals surface area contributed by atoms with Crippen molar-refractivity contribution in [1.82, 2.24) is 9.55 Å². The van der Waals surface area contributed by atoms with Crippen molar-refractivity contribution in [3.05, 3.63) is 33.6 Å². The van der Waals surface area contributed by atoms with Crippen LogP contribution < -0.4 is 5.56 Å². The first-order valence-electron chi connectivity index (χ1n) is 8.36. The summed E-state index contributed by atoms with van der Waals surface area (Å²) in [5.74, 6) is -0.0359. The monoisotopic (exact) mass is 382 g/mol. The summed E-state index contributed by atoms with van der Waals surface area (Å²) in [5.41, 5.74) is 0.434. The van der Waals surface area contributed by atoms with E-state index in [0.717, 1.165) is 6.42 Å². The minimum absolute atomic E-state index is 0.141. The molecule has 2 rings (SSSR count). The molecular formula is C18H23ClN2O3S. The van der Waals surface area contributed by atoms with Crippen molar-refractivity contribution in [3.8, 4) is 0 Å². The fourth-order valence-corrected chi connectivity index (χ4v) is 3.40. The van der Waals surface area contributed by atoms with E-state index < -0.39 is 5.25 Å². The average molecular weight is 383 g/mol. The number of carbonyl (C=O) groups is 1. The number of fused-ring (bicyclic) bond motifs is 1. The first-order valence-corrected chi connectivity index (χ1v) is 9.62. The molecule has 1 aromatic carbocycles. The van der Waals surface area contributed by atoms with E-state index in [2.05, 4.69) is 4.98 Å². The summed E-state index contributed by atoms with van der Waals surface area (Å²) < 4.78 is 6.81. The van der Waals surface area contributed by atoms with Gasteiger partial charge in [0.1, 0.15) is 5.25 Å². The van der Waals surface area contributed by atoms with Gasteiger partial charge in [-0.05, 0) is 37.5 Å². The number of thioether (sulfide) groups is 1. The topological polar surface area (TPSA) is 61.2 Å². The molecule has 0 spiro atoms. The van der Waals surface area contributed by atoms with Crippen LogP contribution in [0.15, 0.2) is 28.2 Å². The van der Waals surface area contributed by atoms with E-state index in [1.54, 1.807) is 29.7 Å². The Labute approximate surface area is 156 Å². The molecule has 0 bridgehead atoms. The van der Waals surface area contributed by atoms with E-state index in [9.17, 15) is 9.59 Å². The largest absolute Gasteiger partial charge is 0.465 e. The number of benzene rings is 1. The van der Waals surface area contributed by atoms with Crippen molar-refractivity contribution in [2.24, 2.45) is 5.92 Å². The van der Waals surface area contributed by atoms with Gasteiger partial charge in [0.25, 0.3) is 5.56 Å². The SMILES string of the molecule is CCCOC(=O)C(C)Sc1nc2ccc(Cl)cc2c(=O)n1CC(C)C. The molecule has 0 N–H and O–H groups in total. The maximum atomic E-state index is 12.9. The minimum Gasteiger partial charge on any atom is -0.465 e. The van der Waals surface area contributed by atoms with Gasteiger partial charge in [-0.1, -0.05) is 44.1 Å². The molecule has 1 aromatic heterocycles. The van der Waals surface area contributed by atoms with Gasteiger partial charge in [-0.2, -0.15) is 0 Å². The van der Waals surface area contributed by atoms with Crippen molar-refractivity contribution >= 4 is 40.2 Å². The van der Waals surface area contributed by atoms with Crippen molar-refractivity contribution in [3.63, 3.8) is 0 Å². The van der Waals surface area contributed by atoms with Gasteiger partial charge in [0.05, 0.1) is 17.5 Å². The van der Waals surface area contributed by atoms with Crippen molar-refractivity contribution < 1.29 is 9.53 Å². The highest BCUT2D eigenvalue weighted by molar-refractivity contribution is 8.00. The zero-order valence-corrected chi connectivity index (χ0v) is 16.5. The summed E-state index contributed by atoms with van der Waals surface area (Å²) in [6, 6.07) is 5.07. The average Bonchev–Trinajstić information content (AvgIpc) is 2.56. The molecule has 0 aliphatic heterocycles. The number of hydrogen-bond donors (Lipinski definition) is 0. The Kier molecular flexibility index (Phi) is 6.90. The minimum atomic E-state index is -0.443. The lowest BCUT2D eigenvalue weighted by Crippen LogP contribution is -2.27. The number of hydrogen-bond acceptors (Lipinski definition) is 5. The maximum absolute atomic E-state index is 12.9. The Balaban J connectivity index is 2.44. The first kappa shape index (κ1) is 19.8. The second kappa shape index (κ2) is 8.72. The Morgan fingerprint density at radius 3 is 2.72 bits per heavy atom. The molecule has 0 saturated carbocycles. The first-order chi connectivity index (χ1) is 11.8. The molecule has 2 aromatic rings. The van der Waals surface area contributed by atoms with Crippen LogP contribution in [0.3, 0.4) is 0 Å². The summed E-state index contributed by atoms with van der Waals surface area (Å²) >= 11 is 7.27. The fourth-order valence-electron chi connectivity index (χ4n) is 2.32. The van der Waals surface area contributed by atoms with E-state index in [4.69, 9.17) is 16.3 Å². The van der Waals surface area contributed by atoms with E-state index in [1.807, 2.05) is 20.8 Å². The highest BCUT2D eigenvalue weighted by Crippen LogP contribution is 2.25. The van der Waals surface area contributed by atoms with Gasteiger partial charge >= 0.3 is 5.97 Å². The van der Waals surface area contributed by atoms with Gasteiger partial charge in [-0.15, -0.1) is 0 Å². The second-order valence-corrected chi connectivity index (χ2v) is 8.04. The number of carbonyl (C=O) groups excluding carboxylic acids is 1. The molecule has 136 valence electrons. The zero-order chi connectivity index (χ0) is 18.6. The van der Waals surface area contributed by atoms with E-state index >= 15 is 0 Å². The van der Waals surface area contributed by atoms with E-state index in [0.29, 0.717) is 34.2 Å². The summed E-state index contributed by atoms with van der Waals surface area (Å²) in [7, 11) is 0.